The van der Waals surface area contributed by atoms with E-state index in [0.29, 0.717) is 6.42 Å². The zero-order valence-electron chi connectivity index (χ0n) is 12.0. The summed E-state index contributed by atoms with van der Waals surface area (Å²) in [6.45, 7) is 1.92. The van der Waals surface area contributed by atoms with Gasteiger partial charge in [0.25, 0.3) is 0 Å². The van der Waals surface area contributed by atoms with E-state index in [1.54, 1.807) is 11.3 Å². The van der Waals surface area contributed by atoms with E-state index >= 15 is 0 Å². The summed E-state index contributed by atoms with van der Waals surface area (Å²) in [7, 11) is -2.98. The Kier molecular flexibility index (Phi) is 4.33. The molecule has 1 amide bonds. The Balaban J connectivity index is 1.70. The van der Waals surface area contributed by atoms with Crippen molar-refractivity contribution in [2.24, 2.45) is 0 Å². The van der Waals surface area contributed by atoms with Crippen LogP contribution in [0.1, 0.15) is 16.3 Å². The van der Waals surface area contributed by atoms with Crippen LogP contribution < -0.4 is 5.32 Å². The Labute approximate surface area is 137 Å². The molecule has 1 N–H and O–H groups in total. The maximum Gasteiger partial charge on any atom is 0.225 e. The van der Waals surface area contributed by atoms with Crippen LogP contribution in [-0.2, 0) is 21.1 Å². The first kappa shape index (κ1) is 15.6. The maximum atomic E-state index is 12.2. The summed E-state index contributed by atoms with van der Waals surface area (Å²) in [5, 5.41) is 5.74. The second-order valence-electron chi connectivity index (χ2n) is 5.33. The van der Waals surface area contributed by atoms with Gasteiger partial charge in [-0.25, -0.2) is 13.4 Å². The van der Waals surface area contributed by atoms with E-state index in [9.17, 15) is 13.2 Å². The van der Waals surface area contributed by atoms with Gasteiger partial charge < -0.3 is 5.32 Å². The summed E-state index contributed by atoms with van der Waals surface area (Å²) in [4.78, 5) is 18.7. The molecule has 0 aromatic carbocycles. The summed E-state index contributed by atoms with van der Waals surface area (Å²) in [6, 6.07) is 3.70. The van der Waals surface area contributed by atoms with Gasteiger partial charge in [-0.1, -0.05) is 6.07 Å². The van der Waals surface area contributed by atoms with Crippen molar-refractivity contribution in [3.05, 3.63) is 27.4 Å². The van der Waals surface area contributed by atoms with Crippen LogP contribution in [0.25, 0.3) is 10.6 Å². The highest BCUT2D eigenvalue weighted by Gasteiger charge is 2.29. The summed E-state index contributed by atoms with van der Waals surface area (Å²) in [6.07, 6.45) is 0.753. The van der Waals surface area contributed by atoms with Gasteiger partial charge >= 0.3 is 0 Å². The molecule has 8 heteroatoms. The van der Waals surface area contributed by atoms with Gasteiger partial charge in [-0.2, -0.15) is 0 Å². The van der Waals surface area contributed by atoms with Crippen LogP contribution in [0.15, 0.2) is 17.5 Å². The number of thiazole rings is 1. The van der Waals surface area contributed by atoms with Crippen LogP contribution in [0.3, 0.4) is 0 Å². The monoisotopic (exact) mass is 356 g/mol. The van der Waals surface area contributed by atoms with Crippen LogP contribution in [-0.4, -0.2) is 36.9 Å². The lowest BCUT2D eigenvalue weighted by molar-refractivity contribution is -0.120. The molecule has 1 atom stereocenters. The molecule has 2 aromatic heterocycles. The number of amides is 1. The molecule has 1 saturated heterocycles. The van der Waals surface area contributed by atoms with Gasteiger partial charge in [0, 0.05) is 10.9 Å². The first-order valence-corrected chi connectivity index (χ1v) is 10.4. The Morgan fingerprint density at radius 1 is 1.50 bits per heavy atom. The minimum atomic E-state index is -2.98. The standard InChI is InChI=1S/C14H16N2O3S3/c1-9-15-14(11-3-2-5-20-11)12(21-9)7-13(17)16-10-4-6-22(18,19)8-10/h2-3,5,10H,4,6-8H2,1H3,(H,16,17). The van der Waals surface area contributed by atoms with Crippen molar-refractivity contribution in [1.29, 1.82) is 0 Å². The normalized spacial score (nSPS) is 20.1. The SMILES string of the molecule is Cc1nc(-c2cccs2)c(CC(=O)NC2CCS(=O)(=O)C2)s1. The van der Waals surface area contributed by atoms with Crippen LogP contribution in [0, 0.1) is 6.92 Å². The van der Waals surface area contributed by atoms with Crippen molar-refractivity contribution in [1.82, 2.24) is 10.3 Å². The van der Waals surface area contributed by atoms with Gasteiger partial charge in [0.15, 0.2) is 9.84 Å². The molecule has 0 saturated carbocycles. The number of nitrogens with one attached hydrogen (secondary N) is 1. The fourth-order valence-corrected chi connectivity index (χ4v) is 5.96. The zero-order chi connectivity index (χ0) is 15.7. The van der Waals surface area contributed by atoms with Crippen LogP contribution >= 0.6 is 22.7 Å². The second kappa shape index (κ2) is 6.10. The average molecular weight is 356 g/mol. The second-order valence-corrected chi connectivity index (χ2v) is 9.79. The molecule has 1 aliphatic heterocycles. The van der Waals surface area contributed by atoms with Crippen molar-refractivity contribution in [3.8, 4) is 10.6 Å². The molecule has 1 aliphatic rings. The highest BCUT2D eigenvalue weighted by atomic mass is 32.2. The van der Waals surface area contributed by atoms with Gasteiger partial charge in [-0.15, -0.1) is 22.7 Å². The Hall–Kier alpha value is -1.25. The van der Waals surface area contributed by atoms with E-state index in [0.717, 1.165) is 20.5 Å². The van der Waals surface area contributed by atoms with Crippen LogP contribution in [0.2, 0.25) is 0 Å². The van der Waals surface area contributed by atoms with Crippen molar-refractivity contribution in [3.63, 3.8) is 0 Å². The lowest BCUT2D eigenvalue weighted by Gasteiger charge is -2.10. The zero-order valence-corrected chi connectivity index (χ0v) is 14.5. The molecular weight excluding hydrogens is 340 g/mol. The summed E-state index contributed by atoms with van der Waals surface area (Å²) >= 11 is 3.11. The summed E-state index contributed by atoms with van der Waals surface area (Å²) in [5.74, 6) is 0.0830. The van der Waals surface area contributed by atoms with E-state index in [4.69, 9.17) is 0 Å². The summed E-state index contributed by atoms with van der Waals surface area (Å²) in [5.41, 5.74) is 0.867. The quantitative estimate of drug-likeness (QED) is 0.909. The molecule has 1 fully saturated rings. The predicted octanol–water partition coefficient (Wildman–Crippen LogP) is 2.03. The summed E-state index contributed by atoms with van der Waals surface area (Å²) < 4.78 is 22.9. The molecule has 0 bridgehead atoms. The van der Waals surface area contributed by atoms with Crippen molar-refractivity contribution >= 4 is 38.4 Å². The number of thiophene rings is 1. The molecule has 0 aliphatic carbocycles. The van der Waals surface area contributed by atoms with E-state index in [-0.39, 0.29) is 29.9 Å². The molecule has 2 aromatic rings. The highest BCUT2D eigenvalue weighted by molar-refractivity contribution is 7.91. The number of aryl methyl sites for hydroxylation is 1. The minimum absolute atomic E-state index is 0.0538. The lowest BCUT2D eigenvalue weighted by atomic mass is 10.2. The van der Waals surface area contributed by atoms with E-state index in [2.05, 4.69) is 10.3 Å². The molecule has 118 valence electrons. The number of carbonyl (C=O) groups excluding carboxylic acids is 1. The number of carbonyl (C=O) groups is 1. The Bertz CT molecular complexity index is 778. The molecule has 3 heterocycles. The first-order chi connectivity index (χ1) is 10.4. The van der Waals surface area contributed by atoms with Gasteiger partial charge in [-0.05, 0) is 24.8 Å². The predicted molar refractivity (Wildman–Crippen MR) is 89.1 cm³/mol. The highest BCUT2D eigenvalue weighted by Crippen LogP contribution is 2.31. The van der Waals surface area contributed by atoms with Crippen molar-refractivity contribution < 1.29 is 13.2 Å². The Morgan fingerprint density at radius 3 is 2.95 bits per heavy atom. The van der Waals surface area contributed by atoms with E-state index in [1.807, 2.05) is 24.4 Å². The average Bonchev–Trinajstić information content (AvgIpc) is 3.11. The van der Waals surface area contributed by atoms with Gasteiger partial charge in [0.2, 0.25) is 5.91 Å². The third-order valence-electron chi connectivity index (χ3n) is 3.48. The van der Waals surface area contributed by atoms with E-state index < -0.39 is 9.84 Å². The van der Waals surface area contributed by atoms with Crippen LogP contribution in [0.4, 0.5) is 0 Å². The molecule has 0 radical (unpaired) electrons. The first-order valence-electron chi connectivity index (χ1n) is 6.93. The van der Waals surface area contributed by atoms with Gasteiger partial charge in [0.1, 0.15) is 0 Å². The minimum Gasteiger partial charge on any atom is -0.352 e. The Morgan fingerprint density at radius 2 is 2.32 bits per heavy atom. The molecule has 22 heavy (non-hydrogen) atoms. The molecule has 0 spiro atoms. The number of sulfone groups is 1. The number of rotatable bonds is 4. The van der Waals surface area contributed by atoms with E-state index in [1.165, 1.54) is 11.3 Å². The third kappa shape index (κ3) is 3.56. The molecule has 1 unspecified atom stereocenters. The smallest absolute Gasteiger partial charge is 0.225 e. The molecule has 3 rings (SSSR count). The van der Waals surface area contributed by atoms with Crippen LogP contribution in [0.5, 0.6) is 0 Å². The number of nitrogens with zero attached hydrogens (tertiary/aromatic N) is 1. The fourth-order valence-electron chi connectivity index (χ4n) is 2.53. The lowest BCUT2D eigenvalue weighted by Crippen LogP contribution is -2.36. The number of hydrogen-bond acceptors (Lipinski definition) is 6. The molecular formula is C14H16N2O3S3. The largest absolute Gasteiger partial charge is 0.352 e. The third-order valence-corrected chi connectivity index (χ3v) is 7.09. The fraction of sp³-hybridized carbons (Fsp3) is 0.429. The van der Waals surface area contributed by atoms with Gasteiger partial charge in [-0.3, -0.25) is 4.79 Å². The number of aromatic nitrogens is 1. The molecule has 5 nitrogen and oxygen atoms in total. The number of hydrogen-bond donors (Lipinski definition) is 1. The van der Waals surface area contributed by atoms with Crippen molar-refractivity contribution in [2.75, 3.05) is 11.5 Å². The van der Waals surface area contributed by atoms with Gasteiger partial charge in [0.05, 0.1) is 33.5 Å². The maximum absolute atomic E-state index is 12.2. The van der Waals surface area contributed by atoms with Crippen molar-refractivity contribution in [2.45, 2.75) is 25.8 Å². The topological polar surface area (TPSA) is 76.1 Å².